The van der Waals surface area contributed by atoms with E-state index < -0.39 is 17.3 Å². The molecule has 3 heterocycles. The summed E-state index contributed by atoms with van der Waals surface area (Å²) in [6, 6.07) is 3.74. The van der Waals surface area contributed by atoms with E-state index in [0.717, 1.165) is 10.7 Å². The Bertz CT molecular complexity index is 1090. The predicted octanol–water partition coefficient (Wildman–Crippen LogP) is 3.12. The smallest absolute Gasteiger partial charge is 0.377 e. The van der Waals surface area contributed by atoms with Crippen LogP contribution >= 0.6 is 15.9 Å². The third-order valence-corrected chi connectivity index (χ3v) is 5.02. The Morgan fingerprint density at radius 3 is 2.86 bits per heavy atom. The molecule has 0 aliphatic carbocycles. The third kappa shape index (κ3) is 3.39. The molecule has 1 atom stereocenters. The van der Waals surface area contributed by atoms with E-state index in [1.165, 1.54) is 18.3 Å². The van der Waals surface area contributed by atoms with Crippen molar-refractivity contribution in [3.05, 3.63) is 44.8 Å². The van der Waals surface area contributed by atoms with Crippen molar-refractivity contribution >= 4 is 32.9 Å². The van der Waals surface area contributed by atoms with Crippen LogP contribution < -0.4 is 10.5 Å². The number of nitrogens with one attached hydrogen (secondary N) is 1. The van der Waals surface area contributed by atoms with E-state index in [2.05, 4.69) is 31.0 Å². The molecule has 1 aromatic carbocycles. The summed E-state index contributed by atoms with van der Waals surface area (Å²) in [5, 5.41) is 4.25. The van der Waals surface area contributed by atoms with Gasteiger partial charge in [-0.1, -0.05) is 15.9 Å². The summed E-state index contributed by atoms with van der Waals surface area (Å²) < 4.78 is 47.0. The molecule has 28 heavy (non-hydrogen) atoms. The van der Waals surface area contributed by atoms with Crippen molar-refractivity contribution in [2.24, 2.45) is 0 Å². The molecular weight excluding hydrogens is 443 g/mol. The van der Waals surface area contributed by atoms with Gasteiger partial charge in [-0.05, 0) is 25.1 Å². The molecule has 1 saturated heterocycles. The zero-order valence-electron chi connectivity index (χ0n) is 14.6. The number of fused-ring (bicyclic) bond motifs is 1. The van der Waals surface area contributed by atoms with Crippen molar-refractivity contribution in [3.8, 4) is 5.69 Å². The number of benzene rings is 1. The van der Waals surface area contributed by atoms with Gasteiger partial charge in [-0.2, -0.15) is 18.2 Å². The lowest BCUT2D eigenvalue weighted by atomic mass is 10.1. The molecule has 11 heteroatoms. The van der Waals surface area contributed by atoms with Gasteiger partial charge in [0.2, 0.25) is 5.95 Å². The third-order valence-electron chi connectivity index (χ3n) is 4.53. The van der Waals surface area contributed by atoms with E-state index in [-0.39, 0.29) is 22.8 Å². The predicted molar refractivity (Wildman–Crippen MR) is 99.8 cm³/mol. The van der Waals surface area contributed by atoms with Gasteiger partial charge >= 0.3 is 6.18 Å². The van der Waals surface area contributed by atoms with Crippen LogP contribution in [0, 0.1) is 0 Å². The maximum absolute atomic E-state index is 13.4. The largest absolute Gasteiger partial charge is 0.418 e. The number of morpholine rings is 1. The van der Waals surface area contributed by atoms with Crippen LogP contribution in [0.3, 0.4) is 0 Å². The summed E-state index contributed by atoms with van der Waals surface area (Å²) in [5.41, 5.74) is -1.44. The van der Waals surface area contributed by atoms with Gasteiger partial charge in [-0.3, -0.25) is 9.78 Å². The van der Waals surface area contributed by atoms with Gasteiger partial charge in [0.15, 0.2) is 5.65 Å². The van der Waals surface area contributed by atoms with Gasteiger partial charge in [0, 0.05) is 17.2 Å². The maximum Gasteiger partial charge on any atom is 0.418 e. The monoisotopic (exact) mass is 457 g/mol. The number of alkyl halides is 3. The van der Waals surface area contributed by atoms with Crippen molar-refractivity contribution in [1.82, 2.24) is 19.7 Å². The summed E-state index contributed by atoms with van der Waals surface area (Å²) >= 11 is 3.05. The molecule has 1 fully saturated rings. The van der Waals surface area contributed by atoms with Crippen molar-refractivity contribution < 1.29 is 17.9 Å². The van der Waals surface area contributed by atoms with Gasteiger partial charge < -0.3 is 9.64 Å². The quantitative estimate of drug-likeness (QED) is 0.639. The highest BCUT2D eigenvalue weighted by molar-refractivity contribution is 9.10. The Morgan fingerprint density at radius 2 is 2.14 bits per heavy atom. The SMILES string of the molecule is CC1COCCN1c1nc2nn(-c3ccc(Br)cc3C(F)(F)F)cc2c(=O)[nH]1. The fraction of sp³-hybridized carbons (Fsp3) is 0.353. The number of hydrogen-bond acceptors (Lipinski definition) is 5. The fourth-order valence-electron chi connectivity index (χ4n) is 3.14. The zero-order chi connectivity index (χ0) is 20.1. The lowest BCUT2D eigenvalue weighted by Crippen LogP contribution is -2.45. The Labute approximate surface area is 165 Å². The molecule has 0 spiro atoms. The first-order chi connectivity index (χ1) is 13.2. The highest BCUT2D eigenvalue weighted by Crippen LogP contribution is 2.35. The van der Waals surface area contributed by atoms with Crippen molar-refractivity contribution in [1.29, 1.82) is 0 Å². The average Bonchev–Trinajstić information content (AvgIpc) is 3.06. The van der Waals surface area contributed by atoms with E-state index in [1.807, 2.05) is 11.8 Å². The molecule has 0 bridgehead atoms. The van der Waals surface area contributed by atoms with Crippen molar-refractivity contribution in [3.63, 3.8) is 0 Å². The Kier molecular flexibility index (Phi) is 4.66. The summed E-state index contributed by atoms with van der Waals surface area (Å²) in [7, 11) is 0. The molecule has 4 rings (SSSR count). The summed E-state index contributed by atoms with van der Waals surface area (Å²) in [6.45, 7) is 3.46. The van der Waals surface area contributed by atoms with Gasteiger partial charge in [0.05, 0.1) is 30.5 Å². The molecular formula is C17H15BrF3N5O2. The molecule has 1 unspecified atom stereocenters. The number of nitrogens with zero attached hydrogens (tertiary/aromatic N) is 4. The average molecular weight is 458 g/mol. The second-order valence-corrected chi connectivity index (χ2v) is 7.39. The first-order valence-corrected chi connectivity index (χ1v) is 9.24. The molecule has 7 nitrogen and oxygen atoms in total. The standard InChI is InChI=1S/C17H15BrF3N5O2/c1-9-8-28-5-4-25(9)16-22-14-11(15(27)23-16)7-26(24-14)13-3-2-10(18)6-12(13)17(19,20)21/h2-3,6-7,9H,4-5,8H2,1H3,(H,22,23,24,27). The molecule has 3 aromatic rings. The topological polar surface area (TPSA) is 76.0 Å². The van der Waals surface area contributed by atoms with Crippen LogP contribution in [0.25, 0.3) is 16.7 Å². The Hall–Kier alpha value is -2.40. The Balaban J connectivity index is 1.83. The van der Waals surface area contributed by atoms with Crippen molar-refractivity contribution in [2.75, 3.05) is 24.7 Å². The summed E-state index contributed by atoms with van der Waals surface area (Å²) in [5.74, 6) is 0.324. The van der Waals surface area contributed by atoms with E-state index in [1.54, 1.807) is 0 Å². The molecule has 2 aromatic heterocycles. The second-order valence-electron chi connectivity index (χ2n) is 6.48. The van der Waals surface area contributed by atoms with Crippen LogP contribution in [0.2, 0.25) is 0 Å². The van der Waals surface area contributed by atoms with Crippen LogP contribution in [0.5, 0.6) is 0 Å². The first kappa shape index (κ1) is 18.9. The molecule has 1 aliphatic rings. The lowest BCUT2D eigenvalue weighted by molar-refractivity contribution is -0.137. The molecule has 0 radical (unpaired) electrons. The number of aromatic nitrogens is 4. The maximum atomic E-state index is 13.4. The number of halogens is 4. The van der Waals surface area contributed by atoms with Crippen molar-refractivity contribution in [2.45, 2.75) is 19.1 Å². The molecule has 148 valence electrons. The molecule has 1 aliphatic heterocycles. The van der Waals surface area contributed by atoms with Gasteiger partial charge in [0.1, 0.15) is 5.39 Å². The molecule has 0 saturated carbocycles. The minimum absolute atomic E-state index is 0.000240. The number of aromatic amines is 1. The number of rotatable bonds is 2. The summed E-state index contributed by atoms with van der Waals surface area (Å²) in [4.78, 5) is 21.4. The highest BCUT2D eigenvalue weighted by Gasteiger charge is 2.34. The van der Waals surface area contributed by atoms with Gasteiger partial charge in [0.25, 0.3) is 5.56 Å². The van der Waals surface area contributed by atoms with Crippen LogP contribution in [0.4, 0.5) is 19.1 Å². The van der Waals surface area contributed by atoms with E-state index in [9.17, 15) is 18.0 Å². The first-order valence-electron chi connectivity index (χ1n) is 8.45. The second kappa shape index (κ2) is 6.89. The Morgan fingerprint density at radius 1 is 1.36 bits per heavy atom. The van der Waals surface area contributed by atoms with E-state index in [0.29, 0.717) is 30.2 Å². The van der Waals surface area contributed by atoms with Crippen LogP contribution in [0.15, 0.2) is 33.7 Å². The minimum atomic E-state index is -4.58. The number of H-pyrrole nitrogens is 1. The lowest BCUT2D eigenvalue weighted by Gasteiger charge is -2.33. The summed E-state index contributed by atoms with van der Waals surface area (Å²) in [6.07, 6.45) is -3.32. The van der Waals surface area contributed by atoms with Crippen LogP contribution in [0.1, 0.15) is 12.5 Å². The molecule has 0 amide bonds. The van der Waals surface area contributed by atoms with Crippen LogP contribution in [-0.4, -0.2) is 45.5 Å². The number of hydrogen-bond donors (Lipinski definition) is 1. The van der Waals surface area contributed by atoms with Crippen LogP contribution in [-0.2, 0) is 10.9 Å². The number of ether oxygens (including phenoxy) is 1. The molecule has 1 N–H and O–H groups in total. The fourth-order valence-corrected chi connectivity index (χ4v) is 3.50. The minimum Gasteiger partial charge on any atom is -0.377 e. The normalized spacial score (nSPS) is 18.0. The van der Waals surface area contributed by atoms with Gasteiger partial charge in [-0.25, -0.2) is 4.68 Å². The highest BCUT2D eigenvalue weighted by atomic mass is 79.9. The zero-order valence-corrected chi connectivity index (χ0v) is 16.2. The van der Waals surface area contributed by atoms with Gasteiger partial charge in [-0.15, -0.1) is 5.10 Å². The van der Waals surface area contributed by atoms with E-state index >= 15 is 0 Å². The van der Waals surface area contributed by atoms with E-state index in [4.69, 9.17) is 4.74 Å². The number of anilines is 1.